The first-order valence-corrected chi connectivity index (χ1v) is 7.81. The van der Waals surface area contributed by atoms with Gasteiger partial charge in [-0.15, -0.1) is 0 Å². The predicted molar refractivity (Wildman–Crippen MR) is 80.8 cm³/mol. The lowest BCUT2D eigenvalue weighted by Gasteiger charge is -2.23. The van der Waals surface area contributed by atoms with Gasteiger partial charge in [0.1, 0.15) is 6.54 Å². The predicted octanol–water partition coefficient (Wildman–Crippen LogP) is 0.900. The fourth-order valence-electron chi connectivity index (χ4n) is 2.82. The number of hydrogen-bond acceptors (Lipinski definition) is 6. The van der Waals surface area contributed by atoms with Gasteiger partial charge in [0, 0.05) is 24.4 Å². The van der Waals surface area contributed by atoms with Gasteiger partial charge < -0.3 is 19.1 Å². The number of hydrogen-bond donors (Lipinski definition) is 1. The lowest BCUT2D eigenvalue weighted by atomic mass is 10.2. The number of aromatic nitrogens is 3. The third kappa shape index (κ3) is 3.62. The number of halogens is 3. The average Bonchev–Trinajstić information content (AvgIpc) is 3.25. The third-order valence-corrected chi connectivity index (χ3v) is 4.14. The van der Waals surface area contributed by atoms with E-state index >= 15 is 0 Å². The molecule has 0 aromatic carbocycles. The monoisotopic (exact) mass is 372 g/mol. The standard InChI is InChI=1S/C15H15F3N4O4/c16-15(17,18)14-19-13(20-26-14)9-3-5-21(11(24)6-9)7-12(25)22-4-1-2-10(22)8-23/h3,5-6,10,23H,1-2,4,7-8H2. The minimum Gasteiger partial charge on any atom is -0.394 e. The largest absolute Gasteiger partial charge is 0.471 e. The molecule has 1 unspecified atom stereocenters. The number of likely N-dealkylation sites (tertiary alicyclic amines) is 1. The number of aliphatic hydroxyl groups excluding tert-OH is 1. The fourth-order valence-corrected chi connectivity index (χ4v) is 2.82. The molecule has 3 rings (SSSR count). The van der Waals surface area contributed by atoms with Crippen LogP contribution in [0.2, 0.25) is 0 Å². The highest BCUT2D eigenvalue weighted by Gasteiger charge is 2.38. The van der Waals surface area contributed by atoms with Gasteiger partial charge in [0.2, 0.25) is 11.7 Å². The maximum absolute atomic E-state index is 12.5. The number of rotatable bonds is 4. The van der Waals surface area contributed by atoms with E-state index in [0.717, 1.165) is 17.1 Å². The Morgan fingerprint density at radius 1 is 1.42 bits per heavy atom. The van der Waals surface area contributed by atoms with Crippen molar-refractivity contribution in [2.45, 2.75) is 31.6 Å². The van der Waals surface area contributed by atoms with Crippen molar-refractivity contribution in [3.8, 4) is 11.4 Å². The first kappa shape index (κ1) is 18.1. The number of amides is 1. The second kappa shape index (κ2) is 6.90. The zero-order valence-electron chi connectivity index (χ0n) is 13.4. The van der Waals surface area contributed by atoms with E-state index in [9.17, 15) is 27.9 Å². The summed E-state index contributed by atoms with van der Waals surface area (Å²) in [5, 5.41) is 12.5. The quantitative estimate of drug-likeness (QED) is 0.856. The second-order valence-corrected chi connectivity index (χ2v) is 5.87. The van der Waals surface area contributed by atoms with Crippen molar-refractivity contribution in [3.05, 3.63) is 34.6 Å². The Labute approximate surface area is 144 Å². The Bertz CT molecular complexity index is 861. The number of pyridine rings is 1. The summed E-state index contributed by atoms with van der Waals surface area (Å²) in [5.41, 5.74) is -0.540. The minimum atomic E-state index is -4.77. The maximum Gasteiger partial charge on any atom is 0.471 e. The molecule has 0 radical (unpaired) electrons. The summed E-state index contributed by atoms with van der Waals surface area (Å²) >= 11 is 0. The van der Waals surface area contributed by atoms with Crippen LogP contribution < -0.4 is 5.56 Å². The first-order chi connectivity index (χ1) is 12.3. The molecule has 0 spiro atoms. The lowest BCUT2D eigenvalue weighted by Crippen LogP contribution is -2.41. The average molecular weight is 372 g/mol. The van der Waals surface area contributed by atoms with Crippen molar-refractivity contribution < 1.29 is 27.6 Å². The zero-order chi connectivity index (χ0) is 18.9. The number of carbonyl (C=O) groups is 1. The first-order valence-electron chi connectivity index (χ1n) is 7.81. The summed E-state index contributed by atoms with van der Waals surface area (Å²) in [6, 6.07) is 2.11. The molecular formula is C15H15F3N4O4. The molecule has 1 aliphatic heterocycles. The number of nitrogens with zero attached hydrogens (tertiary/aromatic N) is 4. The lowest BCUT2D eigenvalue weighted by molar-refractivity contribution is -0.159. The van der Waals surface area contributed by atoms with Crippen LogP contribution in [0, 0.1) is 0 Å². The van der Waals surface area contributed by atoms with Crippen LogP contribution in [0.25, 0.3) is 11.4 Å². The van der Waals surface area contributed by atoms with E-state index in [1.54, 1.807) is 0 Å². The van der Waals surface area contributed by atoms with Crippen LogP contribution in [0.3, 0.4) is 0 Å². The van der Waals surface area contributed by atoms with E-state index in [1.807, 2.05) is 0 Å². The van der Waals surface area contributed by atoms with E-state index in [4.69, 9.17) is 0 Å². The topological polar surface area (TPSA) is 101 Å². The van der Waals surface area contributed by atoms with Crippen LogP contribution >= 0.6 is 0 Å². The minimum absolute atomic E-state index is 0.0485. The van der Waals surface area contributed by atoms with Crippen molar-refractivity contribution in [3.63, 3.8) is 0 Å². The molecule has 0 bridgehead atoms. The molecule has 26 heavy (non-hydrogen) atoms. The normalized spacial score (nSPS) is 17.7. The van der Waals surface area contributed by atoms with Gasteiger partial charge >= 0.3 is 12.1 Å². The summed E-state index contributed by atoms with van der Waals surface area (Å²) < 4.78 is 42.7. The SMILES string of the molecule is O=C(Cn1ccc(-c2noc(C(F)(F)F)n2)cc1=O)N1CCCC1CO. The van der Waals surface area contributed by atoms with E-state index < -0.39 is 17.6 Å². The highest BCUT2D eigenvalue weighted by Crippen LogP contribution is 2.29. The molecule has 2 aromatic rings. The Morgan fingerprint density at radius 2 is 2.19 bits per heavy atom. The van der Waals surface area contributed by atoms with Gasteiger partial charge in [0.15, 0.2) is 0 Å². The summed E-state index contributed by atoms with van der Waals surface area (Å²) in [7, 11) is 0. The van der Waals surface area contributed by atoms with Gasteiger partial charge in [-0.05, 0) is 18.9 Å². The van der Waals surface area contributed by atoms with Crippen molar-refractivity contribution in [2.24, 2.45) is 0 Å². The Hall–Kier alpha value is -2.69. The summed E-state index contributed by atoms with van der Waals surface area (Å²) in [4.78, 5) is 29.2. The summed E-state index contributed by atoms with van der Waals surface area (Å²) in [5.74, 6) is -2.18. The molecular weight excluding hydrogens is 357 g/mol. The highest BCUT2D eigenvalue weighted by atomic mass is 19.4. The molecule has 1 N–H and O–H groups in total. The molecule has 8 nitrogen and oxygen atoms in total. The van der Waals surface area contributed by atoms with E-state index in [1.165, 1.54) is 17.2 Å². The van der Waals surface area contributed by atoms with Crippen LogP contribution in [0.5, 0.6) is 0 Å². The maximum atomic E-state index is 12.5. The molecule has 11 heteroatoms. The van der Waals surface area contributed by atoms with Crippen molar-refractivity contribution in [2.75, 3.05) is 13.2 Å². The van der Waals surface area contributed by atoms with Crippen LogP contribution in [0.4, 0.5) is 13.2 Å². The number of alkyl halides is 3. The van der Waals surface area contributed by atoms with Gasteiger partial charge in [-0.2, -0.15) is 18.2 Å². The van der Waals surface area contributed by atoms with Crippen molar-refractivity contribution in [1.29, 1.82) is 0 Å². The molecule has 1 amide bonds. The summed E-state index contributed by atoms with van der Waals surface area (Å²) in [6.45, 7) is 0.147. The van der Waals surface area contributed by atoms with Gasteiger partial charge in [0.05, 0.1) is 12.6 Å². The van der Waals surface area contributed by atoms with Crippen molar-refractivity contribution >= 4 is 5.91 Å². The van der Waals surface area contributed by atoms with Crippen LogP contribution in [0.15, 0.2) is 27.6 Å². The van der Waals surface area contributed by atoms with Crippen molar-refractivity contribution in [1.82, 2.24) is 19.6 Å². The Morgan fingerprint density at radius 3 is 2.81 bits per heavy atom. The van der Waals surface area contributed by atoms with Gasteiger partial charge in [-0.1, -0.05) is 5.16 Å². The second-order valence-electron chi connectivity index (χ2n) is 5.87. The fraction of sp³-hybridized carbons (Fsp3) is 0.467. The van der Waals surface area contributed by atoms with Crippen LogP contribution in [-0.2, 0) is 17.5 Å². The number of aliphatic hydroxyl groups is 1. The molecule has 1 saturated heterocycles. The van der Waals surface area contributed by atoms with E-state index in [-0.39, 0.29) is 36.5 Å². The molecule has 140 valence electrons. The summed E-state index contributed by atoms with van der Waals surface area (Å²) in [6.07, 6.45) is -2.01. The zero-order valence-corrected chi connectivity index (χ0v) is 13.4. The van der Waals surface area contributed by atoms with Crippen LogP contribution in [0.1, 0.15) is 18.7 Å². The Kier molecular flexibility index (Phi) is 4.81. The molecule has 2 aromatic heterocycles. The molecule has 1 atom stereocenters. The molecule has 1 fully saturated rings. The van der Waals surface area contributed by atoms with Gasteiger partial charge in [-0.3, -0.25) is 9.59 Å². The Balaban J connectivity index is 1.77. The molecule has 3 heterocycles. The molecule has 0 aliphatic carbocycles. The van der Waals surface area contributed by atoms with E-state index in [2.05, 4.69) is 14.7 Å². The van der Waals surface area contributed by atoms with E-state index in [0.29, 0.717) is 13.0 Å². The molecule has 1 aliphatic rings. The van der Waals surface area contributed by atoms with Gasteiger partial charge in [0.25, 0.3) is 5.56 Å². The van der Waals surface area contributed by atoms with Crippen LogP contribution in [-0.4, -0.2) is 49.8 Å². The molecule has 0 saturated carbocycles. The van der Waals surface area contributed by atoms with Gasteiger partial charge in [-0.25, -0.2) is 0 Å². The number of carbonyl (C=O) groups excluding carboxylic acids is 1. The smallest absolute Gasteiger partial charge is 0.394 e. The highest BCUT2D eigenvalue weighted by molar-refractivity contribution is 5.76. The third-order valence-electron chi connectivity index (χ3n) is 4.14.